The maximum Gasteiger partial charge on any atom is 0.311 e. The lowest BCUT2D eigenvalue weighted by Crippen LogP contribution is -2.63. The average molecular weight is 336 g/mol. The molecule has 130 valence electrons. The molecule has 3 aliphatic heterocycles. The number of rotatable bonds is 1. The molecule has 1 aromatic carbocycles. The molecule has 1 aromatic rings. The van der Waals surface area contributed by atoms with Crippen molar-refractivity contribution in [3.05, 3.63) is 42.0 Å². The summed E-state index contributed by atoms with van der Waals surface area (Å²) in [5.74, 6) is 0.277. The van der Waals surface area contributed by atoms with E-state index in [-0.39, 0.29) is 28.3 Å². The molecule has 25 heavy (non-hydrogen) atoms. The first-order valence-electron chi connectivity index (χ1n) is 9.49. The molecule has 1 saturated heterocycles. The van der Waals surface area contributed by atoms with Crippen molar-refractivity contribution in [1.29, 1.82) is 0 Å². The van der Waals surface area contributed by atoms with Crippen LogP contribution in [0.25, 0.3) is 0 Å². The van der Waals surface area contributed by atoms with Gasteiger partial charge in [0.1, 0.15) is 0 Å². The summed E-state index contributed by atoms with van der Waals surface area (Å²) in [5.41, 5.74) is 2.53. The van der Waals surface area contributed by atoms with Gasteiger partial charge in [0.15, 0.2) is 0 Å². The molecule has 3 heterocycles. The normalized spacial score (nSPS) is 48.0. The van der Waals surface area contributed by atoms with Crippen molar-refractivity contribution < 1.29 is 9.53 Å². The Morgan fingerprint density at radius 1 is 1.36 bits per heavy atom. The minimum atomic E-state index is -0.224. The fraction of sp³-hybridized carbons (Fsp3) is 0.571. The van der Waals surface area contributed by atoms with Crippen LogP contribution in [-0.4, -0.2) is 42.6 Å². The number of anilines is 1. The summed E-state index contributed by atoms with van der Waals surface area (Å²) in [5, 5.41) is 3.92. The van der Waals surface area contributed by atoms with Crippen molar-refractivity contribution in [1.82, 2.24) is 4.90 Å². The zero-order valence-corrected chi connectivity index (χ0v) is 14.8. The van der Waals surface area contributed by atoms with Crippen LogP contribution in [0.15, 0.2) is 36.4 Å². The fourth-order valence-electron chi connectivity index (χ4n) is 7.93. The van der Waals surface area contributed by atoms with Gasteiger partial charge in [-0.15, -0.1) is 0 Å². The Morgan fingerprint density at radius 2 is 2.20 bits per heavy atom. The first-order valence-corrected chi connectivity index (χ1v) is 9.49. The molecule has 2 aliphatic carbocycles. The molecule has 5 aliphatic rings. The zero-order chi connectivity index (χ0) is 17.0. The highest BCUT2D eigenvalue weighted by molar-refractivity contribution is 5.82. The summed E-state index contributed by atoms with van der Waals surface area (Å²) in [4.78, 5) is 15.6. The van der Waals surface area contributed by atoms with Gasteiger partial charge in [0.2, 0.25) is 0 Å². The molecule has 4 heteroatoms. The van der Waals surface area contributed by atoms with Crippen LogP contribution in [0.4, 0.5) is 5.69 Å². The van der Waals surface area contributed by atoms with E-state index < -0.39 is 0 Å². The van der Waals surface area contributed by atoms with Crippen LogP contribution in [-0.2, 0) is 14.9 Å². The number of esters is 1. The smallest absolute Gasteiger partial charge is 0.311 e. The van der Waals surface area contributed by atoms with Gasteiger partial charge in [0.05, 0.1) is 18.6 Å². The van der Waals surface area contributed by atoms with Crippen molar-refractivity contribution in [3.8, 4) is 0 Å². The first-order chi connectivity index (χ1) is 12.1. The summed E-state index contributed by atoms with van der Waals surface area (Å²) in [7, 11) is 1.54. The molecule has 4 nitrogen and oxygen atoms in total. The fourth-order valence-corrected chi connectivity index (χ4v) is 7.93. The number of nitrogens with zero attached hydrogens (tertiary/aromatic N) is 1. The Balaban J connectivity index is 1.69. The molecule has 6 rings (SSSR count). The van der Waals surface area contributed by atoms with Gasteiger partial charge in [0.25, 0.3) is 0 Å². The maximum absolute atomic E-state index is 12.9. The van der Waals surface area contributed by atoms with Gasteiger partial charge in [-0.2, -0.15) is 0 Å². The third kappa shape index (κ3) is 1.19. The number of carbonyl (C=O) groups excluding carboxylic acids is 1. The largest absolute Gasteiger partial charge is 0.469 e. The third-order valence-electron chi connectivity index (χ3n) is 8.47. The molecule has 0 amide bonds. The van der Waals surface area contributed by atoms with Gasteiger partial charge in [0, 0.05) is 29.1 Å². The van der Waals surface area contributed by atoms with E-state index in [2.05, 4.69) is 53.6 Å². The second-order valence-electron chi connectivity index (χ2n) is 8.67. The van der Waals surface area contributed by atoms with Gasteiger partial charge in [-0.25, -0.2) is 0 Å². The van der Waals surface area contributed by atoms with Gasteiger partial charge < -0.3 is 10.1 Å². The van der Waals surface area contributed by atoms with E-state index in [0.717, 1.165) is 25.9 Å². The van der Waals surface area contributed by atoms with Crippen molar-refractivity contribution in [2.24, 2.45) is 17.3 Å². The summed E-state index contributed by atoms with van der Waals surface area (Å²) < 4.78 is 5.30. The second kappa shape index (κ2) is 4.12. The number of hydrogen-bond donors (Lipinski definition) is 1. The van der Waals surface area contributed by atoms with Gasteiger partial charge in [-0.05, 0) is 36.9 Å². The predicted octanol–water partition coefficient (Wildman–Crippen LogP) is 2.56. The monoisotopic (exact) mass is 336 g/mol. The lowest BCUT2D eigenvalue weighted by molar-refractivity contribution is -0.149. The molecule has 3 fully saturated rings. The van der Waals surface area contributed by atoms with Crippen LogP contribution in [0.3, 0.4) is 0 Å². The zero-order valence-electron chi connectivity index (χ0n) is 14.8. The summed E-state index contributed by atoms with van der Waals surface area (Å²) in [6.07, 6.45) is 6.83. The van der Waals surface area contributed by atoms with E-state index in [0.29, 0.717) is 12.0 Å². The molecule has 6 atom stereocenters. The van der Waals surface area contributed by atoms with Gasteiger partial charge >= 0.3 is 5.97 Å². The molecular weight excluding hydrogens is 312 g/mol. The Bertz CT molecular complexity index is 835. The van der Waals surface area contributed by atoms with E-state index in [9.17, 15) is 4.79 Å². The van der Waals surface area contributed by atoms with Crippen molar-refractivity contribution in [3.63, 3.8) is 0 Å². The Kier molecular flexibility index (Phi) is 2.37. The number of nitrogens with one attached hydrogen (secondary N) is 1. The number of hydrogen-bond acceptors (Lipinski definition) is 4. The highest BCUT2D eigenvalue weighted by Crippen LogP contribution is 2.78. The van der Waals surface area contributed by atoms with Crippen LogP contribution in [0, 0.1) is 17.3 Å². The van der Waals surface area contributed by atoms with Crippen LogP contribution in [0.2, 0.25) is 0 Å². The number of carbonyl (C=O) groups is 1. The minimum absolute atomic E-state index is 0.0187. The SMILES string of the molecule is COC(=O)[C@@H]1C[C@@]23C=CCN4CC[C@]5(c6ccccc6N[C@@]15[C@H]2C)[C@H]43. The van der Waals surface area contributed by atoms with Gasteiger partial charge in [-0.3, -0.25) is 9.69 Å². The Hall–Kier alpha value is -1.81. The molecule has 0 radical (unpaired) electrons. The molecule has 2 bridgehead atoms. The van der Waals surface area contributed by atoms with E-state index in [1.165, 1.54) is 18.4 Å². The molecular formula is C21H24N2O2. The maximum atomic E-state index is 12.9. The summed E-state index contributed by atoms with van der Waals surface area (Å²) in [6.45, 7) is 4.53. The van der Waals surface area contributed by atoms with Crippen LogP contribution in [0.1, 0.15) is 25.3 Å². The summed E-state index contributed by atoms with van der Waals surface area (Å²) >= 11 is 0. The average Bonchev–Trinajstić information content (AvgIpc) is 3.29. The number of benzene rings is 1. The molecule has 0 aromatic heterocycles. The van der Waals surface area contributed by atoms with E-state index >= 15 is 0 Å². The Morgan fingerprint density at radius 3 is 3.04 bits per heavy atom. The van der Waals surface area contributed by atoms with E-state index in [4.69, 9.17) is 4.74 Å². The highest BCUT2D eigenvalue weighted by Gasteiger charge is 2.85. The molecule has 1 N–H and O–H groups in total. The second-order valence-corrected chi connectivity index (χ2v) is 8.67. The lowest BCUT2D eigenvalue weighted by Gasteiger charge is -2.50. The van der Waals surface area contributed by atoms with Gasteiger partial charge in [-0.1, -0.05) is 37.3 Å². The third-order valence-corrected chi connectivity index (χ3v) is 8.47. The topological polar surface area (TPSA) is 41.6 Å². The van der Waals surface area contributed by atoms with E-state index in [1.807, 2.05) is 0 Å². The number of fused-ring (bicyclic) bond motifs is 1. The minimum Gasteiger partial charge on any atom is -0.469 e. The van der Waals surface area contributed by atoms with Crippen molar-refractivity contribution >= 4 is 11.7 Å². The standard InChI is InChI=1S/C21H24N2O2/c1-13-19-8-5-10-23-11-9-20(18(19)23)14-6-3-4-7-16(14)22-21(13,20)15(12-19)17(24)25-2/h3-8,13,15,18,22H,9-12H2,1-2H3/t13-,15-,18+,19-,20-,21-/m0/s1. The van der Waals surface area contributed by atoms with Crippen LogP contribution in [0.5, 0.6) is 0 Å². The molecule has 3 spiro atoms. The van der Waals surface area contributed by atoms with Crippen LogP contribution < -0.4 is 5.32 Å². The van der Waals surface area contributed by atoms with Crippen molar-refractivity contribution in [2.75, 3.05) is 25.5 Å². The number of methoxy groups -OCH3 is 1. The van der Waals surface area contributed by atoms with E-state index in [1.54, 1.807) is 0 Å². The predicted molar refractivity (Wildman–Crippen MR) is 95.3 cm³/mol. The Labute approximate surface area is 148 Å². The molecule has 0 unspecified atom stereocenters. The summed E-state index contributed by atoms with van der Waals surface area (Å²) in [6, 6.07) is 9.25. The lowest BCUT2D eigenvalue weighted by atomic mass is 9.57. The quantitative estimate of drug-likeness (QED) is 0.632. The molecule has 2 saturated carbocycles. The van der Waals surface area contributed by atoms with Crippen molar-refractivity contribution in [2.45, 2.75) is 36.8 Å². The number of para-hydroxylation sites is 1. The van der Waals surface area contributed by atoms with Crippen LogP contribution >= 0.6 is 0 Å². The first kappa shape index (κ1) is 14.4. The highest BCUT2D eigenvalue weighted by atomic mass is 16.5. The number of ether oxygens (including phenoxy) is 1.